The van der Waals surface area contributed by atoms with Gasteiger partial charge in [-0.15, -0.1) is 0 Å². The number of unbranched alkanes of at least 4 members (excludes halogenated alkanes) is 3. The molecule has 2 radical (unpaired) electrons. The SMILES string of the molecule is [CH2]/C=C\CCCC[CH2]. The normalized spacial score (nSPS) is 10.8. The Hall–Kier alpha value is -0.260. The molecule has 0 atom stereocenters. The molecule has 0 heterocycles. The van der Waals surface area contributed by atoms with E-state index >= 15 is 0 Å². The summed E-state index contributed by atoms with van der Waals surface area (Å²) in [5.41, 5.74) is 0. The van der Waals surface area contributed by atoms with Crippen LogP contribution >= 0.6 is 0 Å². The second-order valence-electron chi connectivity index (χ2n) is 1.82. The molecular formula is C8H14. The highest BCUT2D eigenvalue weighted by Crippen LogP contribution is 1.98. The van der Waals surface area contributed by atoms with Crippen LogP contribution < -0.4 is 0 Å². The predicted molar refractivity (Wildman–Crippen MR) is 38.3 cm³/mol. The molecule has 0 aromatic heterocycles. The summed E-state index contributed by atoms with van der Waals surface area (Å²) in [6.07, 6.45) is 8.67. The standard InChI is InChI=1S/C8H14/c1-3-5-7-8-6-4-2/h3,5H,1-2,4,6-8H2/b5-3-. The van der Waals surface area contributed by atoms with E-state index in [1.165, 1.54) is 19.3 Å². The van der Waals surface area contributed by atoms with Crippen LogP contribution in [-0.2, 0) is 0 Å². The van der Waals surface area contributed by atoms with Crippen molar-refractivity contribution in [1.82, 2.24) is 0 Å². The summed E-state index contributed by atoms with van der Waals surface area (Å²) < 4.78 is 0. The Morgan fingerprint density at radius 1 is 1.25 bits per heavy atom. The fraction of sp³-hybridized carbons (Fsp3) is 0.500. The smallest absolute Gasteiger partial charge is 0.0316 e. The highest BCUT2D eigenvalue weighted by atomic mass is 13.8. The zero-order valence-corrected chi connectivity index (χ0v) is 5.40. The minimum atomic E-state index is 1.06. The molecule has 0 amide bonds. The molecule has 0 aliphatic rings. The highest BCUT2D eigenvalue weighted by Gasteiger charge is 1.78. The molecule has 0 aliphatic carbocycles. The molecule has 0 heteroatoms. The van der Waals surface area contributed by atoms with Crippen LogP contribution in [0.2, 0.25) is 0 Å². The van der Waals surface area contributed by atoms with Gasteiger partial charge in [0, 0.05) is 0 Å². The van der Waals surface area contributed by atoms with Crippen LogP contribution in [-0.4, -0.2) is 0 Å². The third-order valence-corrected chi connectivity index (χ3v) is 1.04. The third kappa shape index (κ3) is 5.74. The van der Waals surface area contributed by atoms with Gasteiger partial charge >= 0.3 is 0 Å². The fourth-order valence-corrected chi connectivity index (χ4v) is 0.557. The lowest BCUT2D eigenvalue weighted by atomic mass is 10.2. The Labute approximate surface area is 52.6 Å². The van der Waals surface area contributed by atoms with Crippen molar-refractivity contribution >= 4 is 0 Å². The molecule has 0 saturated carbocycles. The van der Waals surface area contributed by atoms with Crippen LogP contribution in [0.5, 0.6) is 0 Å². The van der Waals surface area contributed by atoms with Crippen molar-refractivity contribution in [3.8, 4) is 0 Å². The van der Waals surface area contributed by atoms with Gasteiger partial charge in [0.2, 0.25) is 0 Å². The summed E-state index contributed by atoms with van der Waals surface area (Å²) in [4.78, 5) is 0. The van der Waals surface area contributed by atoms with Gasteiger partial charge in [-0.2, -0.15) is 0 Å². The molecule has 8 heavy (non-hydrogen) atoms. The van der Waals surface area contributed by atoms with Gasteiger partial charge in [0.05, 0.1) is 0 Å². The average Bonchev–Trinajstić information content (AvgIpc) is 1.81. The summed E-state index contributed by atoms with van der Waals surface area (Å²) >= 11 is 0. The van der Waals surface area contributed by atoms with Gasteiger partial charge in [-0.25, -0.2) is 0 Å². The van der Waals surface area contributed by atoms with Crippen molar-refractivity contribution in [2.24, 2.45) is 0 Å². The molecule has 0 bridgehead atoms. The van der Waals surface area contributed by atoms with Crippen molar-refractivity contribution in [3.05, 3.63) is 26.0 Å². The van der Waals surface area contributed by atoms with Crippen molar-refractivity contribution in [2.75, 3.05) is 0 Å². The van der Waals surface area contributed by atoms with Crippen LogP contribution in [0.25, 0.3) is 0 Å². The molecular weight excluding hydrogens is 96.1 g/mol. The highest BCUT2D eigenvalue weighted by molar-refractivity contribution is 4.83. The van der Waals surface area contributed by atoms with Gasteiger partial charge < -0.3 is 0 Å². The van der Waals surface area contributed by atoms with E-state index in [-0.39, 0.29) is 0 Å². The van der Waals surface area contributed by atoms with Crippen molar-refractivity contribution < 1.29 is 0 Å². The van der Waals surface area contributed by atoms with E-state index in [4.69, 9.17) is 0 Å². The van der Waals surface area contributed by atoms with E-state index in [1.54, 1.807) is 0 Å². The van der Waals surface area contributed by atoms with Gasteiger partial charge in [0.25, 0.3) is 0 Å². The van der Waals surface area contributed by atoms with Gasteiger partial charge in [-0.3, -0.25) is 0 Å². The zero-order valence-electron chi connectivity index (χ0n) is 5.40. The number of rotatable bonds is 4. The molecule has 0 unspecified atom stereocenters. The first-order chi connectivity index (χ1) is 3.91. The maximum atomic E-state index is 3.74. The van der Waals surface area contributed by atoms with Gasteiger partial charge in [0.15, 0.2) is 0 Å². The second-order valence-corrected chi connectivity index (χ2v) is 1.82. The summed E-state index contributed by atoms with van der Waals surface area (Å²) in [5, 5.41) is 0. The Morgan fingerprint density at radius 3 is 2.50 bits per heavy atom. The Morgan fingerprint density at radius 2 is 2.00 bits per heavy atom. The van der Waals surface area contributed by atoms with Crippen LogP contribution in [0.3, 0.4) is 0 Å². The van der Waals surface area contributed by atoms with Crippen LogP contribution in [0.1, 0.15) is 25.7 Å². The lowest BCUT2D eigenvalue weighted by Crippen LogP contribution is -1.69. The van der Waals surface area contributed by atoms with Gasteiger partial charge in [-0.05, 0) is 19.8 Å². The Kier molecular flexibility index (Phi) is 6.52. The first kappa shape index (κ1) is 7.74. The molecule has 0 nitrogen and oxygen atoms in total. The minimum absolute atomic E-state index is 1.06. The van der Waals surface area contributed by atoms with E-state index in [0.29, 0.717) is 0 Å². The lowest BCUT2D eigenvalue weighted by Gasteiger charge is -1.88. The molecule has 0 aromatic rings. The van der Waals surface area contributed by atoms with E-state index in [1.807, 2.05) is 6.08 Å². The third-order valence-electron chi connectivity index (χ3n) is 1.04. The van der Waals surface area contributed by atoms with Gasteiger partial charge in [0.1, 0.15) is 0 Å². The molecule has 0 fully saturated rings. The summed E-state index contributed by atoms with van der Waals surface area (Å²) in [6.45, 7) is 7.33. The first-order valence-corrected chi connectivity index (χ1v) is 3.15. The van der Waals surface area contributed by atoms with Crippen molar-refractivity contribution in [2.45, 2.75) is 25.7 Å². The first-order valence-electron chi connectivity index (χ1n) is 3.15. The predicted octanol–water partition coefficient (Wildman–Crippen LogP) is 2.77. The maximum absolute atomic E-state index is 3.74. The number of hydrogen-bond donors (Lipinski definition) is 0. The van der Waals surface area contributed by atoms with Crippen molar-refractivity contribution in [3.63, 3.8) is 0 Å². The molecule has 0 rings (SSSR count). The molecule has 0 N–H and O–H groups in total. The summed E-state index contributed by atoms with van der Waals surface area (Å²) in [6, 6.07) is 0. The molecule has 0 aliphatic heterocycles. The largest absolute Gasteiger partial charge is 0.0885 e. The quantitative estimate of drug-likeness (QED) is 0.488. The van der Waals surface area contributed by atoms with Crippen LogP contribution in [0.15, 0.2) is 12.2 Å². The molecule has 0 spiro atoms. The monoisotopic (exact) mass is 110 g/mol. The second kappa shape index (κ2) is 6.74. The lowest BCUT2D eigenvalue weighted by molar-refractivity contribution is 0.760. The summed E-state index contributed by atoms with van der Waals surface area (Å²) in [7, 11) is 0. The van der Waals surface area contributed by atoms with Crippen molar-refractivity contribution in [1.29, 1.82) is 0 Å². The topological polar surface area (TPSA) is 0 Å². The number of hydrogen-bond acceptors (Lipinski definition) is 0. The molecule has 0 saturated heterocycles. The Balaban J connectivity index is 2.72. The molecule has 46 valence electrons. The van der Waals surface area contributed by atoms with E-state index in [9.17, 15) is 0 Å². The van der Waals surface area contributed by atoms with E-state index in [0.717, 1.165) is 6.42 Å². The zero-order chi connectivity index (χ0) is 6.24. The summed E-state index contributed by atoms with van der Waals surface area (Å²) in [5.74, 6) is 0. The van der Waals surface area contributed by atoms with Gasteiger partial charge in [-0.1, -0.05) is 31.9 Å². The number of allylic oxidation sites excluding steroid dienone is 2. The van der Waals surface area contributed by atoms with E-state index < -0.39 is 0 Å². The van der Waals surface area contributed by atoms with Crippen LogP contribution in [0, 0.1) is 13.8 Å². The minimum Gasteiger partial charge on any atom is -0.0885 e. The van der Waals surface area contributed by atoms with Crippen LogP contribution in [0.4, 0.5) is 0 Å². The fourth-order valence-electron chi connectivity index (χ4n) is 0.557. The Bertz CT molecular complexity index is 53.1. The maximum Gasteiger partial charge on any atom is -0.0316 e. The average molecular weight is 110 g/mol. The molecule has 0 aromatic carbocycles. The van der Waals surface area contributed by atoms with E-state index in [2.05, 4.69) is 19.9 Å².